The minimum atomic E-state index is -0.394. The van der Waals surface area contributed by atoms with E-state index >= 15 is 0 Å². The van der Waals surface area contributed by atoms with E-state index in [1.807, 2.05) is 6.92 Å². The third-order valence-corrected chi connectivity index (χ3v) is 4.14. The molecule has 2 saturated heterocycles. The van der Waals surface area contributed by atoms with Gasteiger partial charge in [0.05, 0.1) is 6.10 Å². The van der Waals surface area contributed by atoms with E-state index in [9.17, 15) is 0 Å². The molecule has 6 heteroatoms. The first kappa shape index (κ1) is 14.0. The fourth-order valence-electron chi connectivity index (χ4n) is 2.79. The van der Waals surface area contributed by atoms with Crippen LogP contribution in [0.2, 0.25) is 0 Å². The Kier molecular flexibility index (Phi) is 4.33. The molecule has 2 aliphatic rings. The molecule has 1 atom stereocenters. The Bertz CT molecular complexity index is 423. The Hall–Kier alpha value is -0.980. The van der Waals surface area contributed by atoms with Gasteiger partial charge in [-0.2, -0.15) is 4.98 Å². The van der Waals surface area contributed by atoms with Gasteiger partial charge in [0, 0.05) is 6.61 Å². The van der Waals surface area contributed by atoms with E-state index < -0.39 is 5.60 Å². The van der Waals surface area contributed by atoms with Crippen LogP contribution in [0.4, 0.5) is 0 Å². The summed E-state index contributed by atoms with van der Waals surface area (Å²) in [6, 6.07) is 0. The van der Waals surface area contributed by atoms with Crippen LogP contribution in [0.5, 0.6) is 0 Å². The molecule has 3 heterocycles. The van der Waals surface area contributed by atoms with Crippen LogP contribution in [0.3, 0.4) is 0 Å². The van der Waals surface area contributed by atoms with Crippen molar-refractivity contribution in [3.05, 3.63) is 11.7 Å². The molecule has 0 radical (unpaired) electrons. The second-order valence-electron chi connectivity index (χ2n) is 5.81. The first-order chi connectivity index (χ1) is 9.76. The summed E-state index contributed by atoms with van der Waals surface area (Å²) < 4.78 is 16.9. The summed E-state index contributed by atoms with van der Waals surface area (Å²) in [4.78, 5) is 4.45. The van der Waals surface area contributed by atoms with Gasteiger partial charge in [-0.25, -0.2) is 0 Å². The van der Waals surface area contributed by atoms with Crippen molar-refractivity contribution < 1.29 is 14.0 Å². The molecule has 0 saturated carbocycles. The molecule has 0 aliphatic carbocycles. The van der Waals surface area contributed by atoms with Gasteiger partial charge in [0.1, 0.15) is 12.2 Å². The average Bonchev–Trinajstić information content (AvgIpc) is 2.97. The summed E-state index contributed by atoms with van der Waals surface area (Å²) in [5, 5.41) is 7.39. The summed E-state index contributed by atoms with van der Waals surface area (Å²) in [5.74, 6) is 1.20. The lowest BCUT2D eigenvalue weighted by Gasteiger charge is -2.30. The molecule has 2 fully saturated rings. The van der Waals surface area contributed by atoms with Gasteiger partial charge in [0.15, 0.2) is 0 Å². The predicted molar refractivity (Wildman–Crippen MR) is 72.1 cm³/mol. The van der Waals surface area contributed by atoms with E-state index in [0.717, 1.165) is 51.8 Å². The highest BCUT2D eigenvalue weighted by Crippen LogP contribution is 2.32. The standard InChI is InChI=1S/C14H23N3O3/c1-14(6-2-3-9-19-14)13-16-12(20-17-13)10-18-11-4-7-15-8-5-11/h11,15H,2-10H2,1H3. The van der Waals surface area contributed by atoms with Crippen molar-refractivity contribution in [2.45, 2.75) is 57.3 Å². The van der Waals surface area contributed by atoms with Crippen LogP contribution in [0.15, 0.2) is 4.52 Å². The molecule has 1 N–H and O–H groups in total. The Labute approximate surface area is 119 Å². The van der Waals surface area contributed by atoms with Crippen molar-refractivity contribution >= 4 is 0 Å². The molecule has 0 aromatic carbocycles. The lowest BCUT2D eigenvalue weighted by molar-refractivity contribution is -0.0770. The summed E-state index contributed by atoms with van der Waals surface area (Å²) >= 11 is 0. The molecule has 0 spiro atoms. The summed E-state index contributed by atoms with van der Waals surface area (Å²) in [7, 11) is 0. The maximum absolute atomic E-state index is 5.83. The van der Waals surface area contributed by atoms with Crippen LogP contribution in [-0.4, -0.2) is 35.9 Å². The van der Waals surface area contributed by atoms with Gasteiger partial charge >= 0.3 is 0 Å². The third-order valence-electron chi connectivity index (χ3n) is 4.14. The number of nitrogens with one attached hydrogen (secondary N) is 1. The van der Waals surface area contributed by atoms with Crippen LogP contribution in [0.25, 0.3) is 0 Å². The number of hydrogen-bond acceptors (Lipinski definition) is 6. The van der Waals surface area contributed by atoms with Gasteiger partial charge < -0.3 is 19.3 Å². The largest absolute Gasteiger partial charge is 0.368 e. The van der Waals surface area contributed by atoms with Gasteiger partial charge in [-0.05, 0) is 52.1 Å². The van der Waals surface area contributed by atoms with E-state index in [1.165, 1.54) is 0 Å². The SMILES string of the molecule is CC1(c2noc(COC3CCNCC3)n2)CCCCO1. The Morgan fingerprint density at radius 2 is 2.20 bits per heavy atom. The minimum absolute atomic E-state index is 0.299. The maximum atomic E-state index is 5.83. The summed E-state index contributed by atoms with van der Waals surface area (Å²) in [5.41, 5.74) is -0.394. The Morgan fingerprint density at radius 1 is 1.35 bits per heavy atom. The fourth-order valence-corrected chi connectivity index (χ4v) is 2.79. The van der Waals surface area contributed by atoms with E-state index in [2.05, 4.69) is 15.5 Å². The first-order valence-electron chi connectivity index (χ1n) is 7.56. The molecule has 0 amide bonds. The van der Waals surface area contributed by atoms with E-state index in [1.54, 1.807) is 0 Å². The van der Waals surface area contributed by atoms with Gasteiger partial charge in [-0.15, -0.1) is 0 Å². The summed E-state index contributed by atoms with van der Waals surface area (Å²) in [6.07, 6.45) is 5.59. The molecule has 20 heavy (non-hydrogen) atoms. The second kappa shape index (κ2) is 6.20. The topological polar surface area (TPSA) is 69.4 Å². The highest BCUT2D eigenvalue weighted by Gasteiger charge is 2.35. The highest BCUT2D eigenvalue weighted by molar-refractivity contribution is 5.00. The number of nitrogens with zero attached hydrogens (tertiary/aromatic N) is 2. The second-order valence-corrected chi connectivity index (χ2v) is 5.81. The Balaban J connectivity index is 1.56. The smallest absolute Gasteiger partial charge is 0.252 e. The molecule has 1 unspecified atom stereocenters. The van der Waals surface area contributed by atoms with E-state index in [-0.39, 0.29) is 0 Å². The van der Waals surface area contributed by atoms with Crippen molar-refractivity contribution in [3.8, 4) is 0 Å². The molecule has 112 valence electrons. The average molecular weight is 281 g/mol. The van der Waals surface area contributed by atoms with Gasteiger partial charge in [0.2, 0.25) is 5.82 Å². The lowest BCUT2D eigenvalue weighted by atomic mass is 9.95. The fraction of sp³-hybridized carbons (Fsp3) is 0.857. The van der Waals surface area contributed by atoms with Crippen LogP contribution < -0.4 is 5.32 Å². The van der Waals surface area contributed by atoms with Gasteiger partial charge in [-0.1, -0.05) is 5.16 Å². The van der Waals surface area contributed by atoms with E-state index in [4.69, 9.17) is 14.0 Å². The highest BCUT2D eigenvalue weighted by atomic mass is 16.5. The monoisotopic (exact) mass is 281 g/mol. The number of aromatic nitrogens is 2. The first-order valence-corrected chi connectivity index (χ1v) is 7.56. The van der Waals surface area contributed by atoms with Crippen molar-refractivity contribution in [1.29, 1.82) is 0 Å². The van der Waals surface area contributed by atoms with Crippen LogP contribution >= 0.6 is 0 Å². The maximum Gasteiger partial charge on any atom is 0.252 e. The quantitative estimate of drug-likeness (QED) is 0.907. The molecular formula is C14H23N3O3. The van der Waals surface area contributed by atoms with Crippen LogP contribution in [0, 0.1) is 0 Å². The normalized spacial score (nSPS) is 28.6. The zero-order valence-corrected chi connectivity index (χ0v) is 12.1. The van der Waals surface area contributed by atoms with Gasteiger partial charge in [0.25, 0.3) is 5.89 Å². The van der Waals surface area contributed by atoms with Gasteiger partial charge in [-0.3, -0.25) is 0 Å². The molecule has 6 nitrogen and oxygen atoms in total. The molecule has 0 bridgehead atoms. The minimum Gasteiger partial charge on any atom is -0.368 e. The van der Waals surface area contributed by atoms with Crippen LogP contribution in [0.1, 0.15) is 50.7 Å². The number of rotatable bonds is 4. The van der Waals surface area contributed by atoms with Crippen molar-refractivity contribution in [2.75, 3.05) is 19.7 Å². The van der Waals surface area contributed by atoms with Crippen LogP contribution in [-0.2, 0) is 21.7 Å². The molecule has 2 aliphatic heterocycles. The lowest BCUT2D eigenvalue weighted by Crippen LogP contribution is -2.32. The van der Waals surface area contributed by atoms with E-state index in [0.29, 0.717) is 24.4 Å². The van der Waals surface area contributed by atoms with Crippen molar-refractivity contribution in [3.63, 3.8) is 0 Å². The van der Waals surface area contributed by atoms with Crippen molar-refractivity contribution in [2.24, 2.45) is 0 Å². The number of ether oxygens (including phenoxy) is 2. The molecule has 1 aromatic rings. The van der Waals surface area contributed by atoms with Crippen molar-refractivity contribution in [1.82, 2.24) is 15.5 Å². The molecular weight excluding hydrogens is 258 g/mol. The number of piperidine rings is 1. The third kappa shape index (κ3) is 3.19. The zero-order valence-electron chi connectivity index (χ0n) is 12.1. The zero-order chi connectivity index (χ0) is 13.8. The predicted octanol–water partition coefficient (Wildman–Crippen LogP) is 1.75. The number of hydrogen-bond donors (Lipinski definition) is 1. The summed E-state index contributed by atoms with van der Waals surface area (Å²) in [6.45, 7) is 5.24. The Morgan fingerprint density at radius 3 is 2.95 bits per heavy atom. The molecule has 3 rings (SSSR count). The molecule has 1 aromatic heterocycles.